The van der Waals surface area contributed by atoms with Gasteiger partial charge in [0.25, 0.3) is 0 Å². The Morgan fingerprint density at radius 1 is 1.67 bits per heavy atom. The highest BCUT2D eigenvalue weighted by molar-refractivity contribution is 5.63. The largest absolute Gasteiger partial charge is 0.396 e. The summed E-state index contributed by atoms with van der Waals surface area (Å²) < 4.78 is 0. The van der Waals surface area contributed by atoms with Gasteiger partial charge in [-0.2, -0.15) is 5.26 Å². The molecule has 1 atom stereocenters. The van der Waals surface area contributed by atoms with Crippen molar-refractivity contribution in [2.75, 3.05) is 30.7 Å². The van der Waals surface area contributed by atoms with Crippen LogP contribution in [0.3, 0.4) is 0 Å². The normalized spacial score (nSPS) is 19.7. The van der Waals surface area contributed by atoms with E-state index in [0.29, 0.717) is 23.1 Å². The molecular formula is C13H19N5. The Morgan fingerprint density at radius 3 is 3.17 bits per heavy atom. The first-order valence-corrected chi connectivity index (χ1v) is 6.38. The SMILES string of the molecule is CCN1CCCC1CNc1ncc(C#N)cc1N. The number of nitrogens with zero attached hydrogens (tertiary/aromatic N) is 3. The molecule has 0 bridgehead atoms. The number of aromatic nitrogens is 1. The van der Waals surface area contributed by atoms with Gasteiger partial charge in [-0.05, 0) is 32.0 Å². The summed E-state index contributed by atoms with van der Waals surface area (Å²) in [4.78, 5) is 6.65. The number of anilines is 2. The highest BCUT2D eigenvalue weighted by Gasteiger charge is 2.22. The van der Waals surface area contributed by atoms with Gasteiger partial charge >= 0.3 is 0 Å². The lowest BCUT2D eigenvalue weighted by atomic mass is 10.2. The van der Waals surface area contributed by atoms with Crippen LogP contribution in [0.4, 0.5) is 11.5 Å². The lowest BCUT2D eigenvalue weighted by Gasteiger charge is -2.23. The summed E-state index contributed by atoms with van der Waals surface area (Å²) in [6.07, 6.45) is 4.03. The second-order valence-corrected chi connectivity index (χ2v) is 4.58. The second-order valence-electron chi connectivity index (χ2n) is 4.58. The molecule has 1 fully saturated rings. The molecule has 1 unspecified atom stereocenters. The molecule has 96 valence electrons. The lowest BCUT2D eigenvalue weighted by molar-refractivity contribution is 0.277. The Morgan fingerprint density at radius 2 is 2.50 bits per heavy atom. The molecule has 18 heavy (non-hydrogen) atoms. The van der Waals surface area contributed by atoms with Gasteiger partial charge in [0.1, 0.15) is 11.9 Å². The molecule has 0 aliphatic carbocycles. The summed E-state index contributed by atoms with van der Waals surface area (Å²) in [6.45, 7) is 5.31. The molecule has 1 aromatic rings. The van der Waals surface area contributed by atoms with E-state index in [-0.39, 0.29) is 0 Å². The minimum absolute atomic E-state index is 0.495. The molecule has 1 aromatic heterocycles. The standard InChI is InChI=1S/C13H19N5/c1-2-18-5-3-4-11(18)9-17-13-12(15)6-10(7-14)8-16-13/h6,8,11H,2-5,9,15H2,1H3,(H,16,17). The van der Waals surface area contributed by atoms with Gasteiger partial charge in [0.2, 0.25) is 0 Å². The maximum Gasteiger partial charge on any atom is 0.149 e. The summed E-state index contributed by atoms with van der Waals surface area (Å²) in [6, 6.07) is 4.25. The van der Waals surface area contributed by atoms with Gasteiger partial charge in [0.15, 0.2) is 0 Å². The fourth-order valence-electron chi connectivity index (χ4n) is 2.45. The van der Waals surface area contributed by atoms with E-state index < -0.39 is 0 Å². The molecule has 2 rings (SSSR count). The minimum Gasteiger partial charge on any atom is -0.396 e. The Hall–Kier alpha value is -1.80. The number of nitrogen functional groups attached to an aromatic ring is 1. The van der Waals surface area contributed by atoms with Gasteiger partial charge < -0.3 is 11.1 Å². The number of likely N-dealkylation sites (N-methyl/N-ethyl adjacent to an activating group) is 1. The van der Waals surface area contributed by atoms with Crippen LogP contribution in [0, 0.1) is 11.3 Å². The predicted octanol–water partition coefficient (Wildman–Crippen LogP) is 1.43. The zero-order valence-corrected chi connectivity index (χ0v) is 10.7. The van der Waals surface area contributed by atoms with Crippen molar-refractivity contribution < 1.29 is 0 Å². The first kappa shape index (κ1) is 12.7. The minimum atomic E-state index is 0.495. The first-order valence-electron chi connectivity index (χ1n) is 6.38. The van der Waals surface area contributed by atoms with Crippen LogP contribution in [0.1, 0.15) is 25.3 Å². The van der Waals surface area contributed by atoms with Crippen LogP contribution >= 0.6 is 0 Å². The Kier molecular flexibility index (Phi) is 4.00. The third kappa shape index (κ3) is 2.71. The molecule has 5 nitrogen and oxygen atoms in total. The van der Waals surface area contributed by atoms with Crippen molar-refractivity contribution in [3.8, 4) is 6.07 Å². The number of pyridine rings is 1. The summed E-state index contributed by atoms with van der Waals surface area (Å²) in [7, 11) is 0. The summed E-state index contributed by atoms with van der Waals surface area (Å²) >= 11 is 0. The van der Waals surface area contributed by atoms with Crippen LogP contribution in [0.5, 0.6) is 0 Å². The van der Waals surface area contributed by atoms with Crippen LogP contribution < -0.4 is 11.1 Å². The van der Waals surface area contributed by atoms with Crippen LogP contribution in [0.2, 0.25) is 0 Å². The van der Waals surface area contributed by atoms with Crippen molar-refractivity contribution in [2.45, 2.75) is 25.8 Å². The fourth-order valence-corrected chi connectivity index (χ4v) is 2.45. The van der Waals surface area contributed by atoms with Gasteiger partial charge in [-0.1, -0.05) is 6.92 Å². The fraction of sp³-hybridized carbons (Fsp3) is 0.538. The van der Waals surface area contributed by atoms with Crippen molar-refractivity contribution in [2.24, 2.45) is 0 Å². The van der Waals surface area contributed by atoms with Gasteiger partial charge in [0.05, 0.1) is 11.3 Å². The molecule has 2 heterocycles. The van der Waals surface area contributed by atoms with E-state index in [0.717, 1.165) is 13.1 Å². The van der Waals surface area contributed by atoms with E-state index >= 15 is 0 Å². The maximum absolute atomic E-state index is 8.75. The van der Waals surface area contributed by atoms with E-state index in [1.807, 2.05) is 6.07 Å². The Bertz CT molecular complexity index is 451. The maximum atomic E-state index is 8.75. The van der Waals surface area contributed by atoms with Crippen molar-refractivity contribution >= 4 is 11.5 Å². The highest BCUT2D eigenvalue weighted by atomic mass is 15.2. The third-order valence-electron chi connectivity index (χ3n) is 3.46. The van der Waals surface area contributed by atoms with Crippen molar-refractivity contribution in [1.29, 1.82) is 5.26 Å². The smallest absolute Gasteiger partial charge is 0.149 e. The van der Waals surface area contributed by atoms with E-state index in [2.05, 4.69) is 22.1 Å². The Labute approximate surface area is 108 Å². The number of nitrogens with one attached hydrogen (secondary N) is 1. The van der Waals surface area contributed by atoms with Crippen LogP contribution in [-0.4, -0.2) is 35.6 Å². The highest BCUT2D eigenvalue weighted by Crippen LogP contribution is 2.19. The quantitative estimate of drug-likeness (QED) is 0.839. The first-order chi connectivity index (χ1) is 8.74. The Balaban J connectivity index is 1.96. The molecule has 1 saturated heterocycles. The van der Waals surface area contributed by atoms with E-state index in [1.165, 1.54) is 19.4 Å². The van der Waals surface area contributed by atoms with Crippen molar-refractivity contribution in [1.82, 2.24) is 9.88 Å². The van der Waals surface area contributed by atoms with E-state index in [9.17, 15) is 0 Å². The molecule has 1 aliphatic heterocycles. The predicted molar refractivity (Wildman–Crippen MR) is 72.1 cm³/mol. The average molecular weight is 245 g/mol. The van der Waals surface area contributed by atoms with E-state index in [4.69, 9.17) is 11.0 Å². The molecule has 0 radical (unpaired) electrons. The van der Waals surface area contributed by atoms with Crippen LogP contribution in [0.15, 0.2) is 12.3 Å². The molecule has 0 amide bonds. The number of likely N-dealkylation sites (tertiary alicyclic amines) is 1. The summed E-state index contributed by atoms with van der Waals surface area (Å²) in [5.74, 6) is 0.678. The molecular weight excluding hydrogens is 226 g/mol. The summed E-state index contributed by atoms with van der Waals surface area (Å²) in [5.41, 5.74) is 6.89. The number of nitriles is 1. The molecule has 3 N–H and O–H groups in total. The van der Waals surface area contributed by atoms with Gasteiger partial charge in [-0.15, -0.1) is 0 Å². The zero-order chi connectivity index (χ0) is 13.0. The van der Waals surface area contributed by atoms with E-state index in [1.54, 1.807) is 12.3 Å². The van der Waals surface area contributed by atoms with Crippen LogP contribution in [-0.2, 0) is 0 Å². The second kappa shape index (κ2) is 5.69. The molecule has 0 saturated carbocycles. The van der Waals surface area contributed by atoms with Crippen molar-refractivity contribution in [3.05, 3.63) is 17.8 Å². The number of rotatable bonds is 4. The third-order valence-corrected chi connectivity index (χ3v) is 3.46. The van der Waals surface area contributed by atoms with Crippen molar-refractivity contribution in [3.63, 3.8) is 0 Å². The van der Waals surface area contributed by atoms with Gasteiger partial charge in [-0.3, -0.25) is 4.90 Å². The molecule has 1 aliphatic rings. The zero-order valence-electron chi connectivity index (χ0n) is 10.7. The number of hydrogen-bond donors (Lipinski definition) is 2. The summed E-state index contributed by atoms with van der Waals surface area (Å²) in [5, 5.41) is 12.0. The molecule has 5 heteroatoms. The van der Waals surface area contributed by atoms with Gasteiger partial charge in [-0.25, -0.2) is 4.98 Å². The molecule has 0 spiro atoms. The number of hydrogen-bond acceptors (Lipinski definition) is 5. The topological polar surface area (TPSA) is 78.0 Å². The average Bonchev–Trinajstić information content (AvgIpc) is 2.84. The van der Waals surface area contributed by atoms with Gasteiger partial charge in [0, 0.05) is 18.8 Å². The molecule has 0 aromatic carbocycles. The lowest BCUT2D eigenvalue weighted by Crippen LogP contribution is -2.34. The monoisotopic (exact) mass is 245 g/mol. The van der Waals surface area contributed by atoms with Crippen LogP contribution in [0.25, 0.3) is 0 Å². The number of nitrogens with two attached hydrogens (primary N) is 1.